The second kappa shape index (κ2) is 7.53. The molecule has 0 atom stereocenters. The van der Waals surface area contributed by atoms with E-state index in [0.717, 1.165) is 0 Å². The summed E-state index contributed by atoms with van der Waals surface area (Å²) in [6.45, 7) is 4.00. The van der Waals surface area contributed by atoms with E-state index in [9.17, 15) is 0 Å². The van der Waals surface area contributed by atoms with Crippen molar-refractivity contribution in [3.8, 4) is 23.6 Å². The van der Waals surface area contributed by atoms with Gasteiger partial charge >= 0.3 is 0 Å². The minimum atomic E-state index is 0.320. The summed E-state index contributed by atoms with van der Waals surface area (Å²) in [5.74, 6) is 1.24. The zero-order chi connectivity index (χ0) is 14.1. The Morgan fingerprint density at radius 3 is 2.00 bits per heavy atom. The monoisotopic (exact) mass is 250 g/mol. The second-order valence-corrected chi connectivity index (χ2v) is 3.35. The van der Waals surface area contributed by atoms with Crippen LogP contribution in [0.4, 0.5) is 0 Å². The maximum absolute atomic E-state index is 8.88. The molecule has 0 fully saturated rings. The smallest absolute Gasteiger partial charge is 0.128 e. The van der Waals surface area contributed by atoms with E-state index in [0.29, 0.717) is 22.6 Å². The first-order valence-corrected chi connectivity index (χ1v) is 6.00. The van der Waals surface area contributed by atoms with Crippen LogP contribution in [0.25, 0.3) is 0 Å². The van der Waals surface area contributed by atoms with Crippen molar-refractivity contribution in [2.45, 2.75) is 13.8 Å². The van der Waals surface area contributed by atoms with Crippen LogP contribution in [0.2, 0.25) is 0 Å². The maximum atomic E-state index is 8.88. The molecule has 94 valence electrons. The van der Waals surface area contributed by atoms with E-state index in [1.807, 2.05) is 56.3 Å². The van der Waals surface area contributed by atoms with Gasteiger partial charge in [-0.25, -0.2) is 0 Å². The van der Waals surface area contributed by atoms with E-state index in [1.54, 1.807) is 18.2 Å². The van der Waals surface area contributed by atoms with E-state index in [-0.39, 0.29) is 0 Å². The Hall–Kier alpha value is -2.78. The fourth-order valence-electron chi connectivity index (χ4n) is 1.40. The highest BCUT2D eigenvalue weighted by atomic mass is 16.5. The number of hydrogen-bond donors (Lipinski definition) is 0. The lowest BCUT2D eigenvalue weighted by Gasteiger charge is -2.05. The second-order valence-electron chi connectivity index (χ2n) is 3.35. The summed E-state index contributed by atoms with van der Waals surface area (Å²) < 4.78 is 5.56. The van der Waals surface area contributed by atoms with E-state index >= 15 is 0 Å². The van der Waals surface area contributed by atoms with E-state index in [2.05, 4.69) is 0 Å². The summed E-state index contributed by atoms with van der Waals surface area (Å²) in [5.41, 5.74) is 0.675. The van der Waals surface area contributed by atoms with Gasteiger partial charge in [0.25, 0.3) is 0 Å². The summed E-state index contributed by atoms with van der Waals surface area (Å²) in [6.07, 6.45) is 0. The Labute approximate surface area is 113 Å². The zero-order valence-electron chi connectivity index (χ0n) is 10.9. The minimum absolute atomic E-state index is 0.320. The molecule has 3 heteroatoms. The van der Waals surface area contributed by atoms with Crippen LogP contribution in [0.1, 0.15) is 25.0 Å². The summed E-state index contributed by atoms with van der Waals surface area (Å²) >= 11 is 0. The highest BCUT2D eigenvalue weighted by molar-refractivity contribution is 5.49. The lowest BCUT2D eigenvalue weighted by Crippen LogP contribution is -1.87. The fraction of sp³-hybridized carbons (Fsp3) is 0.125. The number of para-hydroxylation sites is 1. The lowest BCUT2D eigenvalue weighted by atomic mass is 10.1. The van der Waals surface area contributed by atoms with Gasteiger partial charge in [-0.15, -0.1) is 0 Å². The van der Waals surface area contributed by atoms with Crippen LogP contribution in [-0.2, 0) is 0 Å². The fourth-order valence-corrected chi connectivity index (χ4v) is 1.40. The average molecular weight is 250 g/mol. The Balaban J connectivity index is 0.000000861. The molecule has 0 heterocycles. The molecule has 0 aliphatic heterocycles. The van der Waals surface area contributed by atoms with Crippen molar-refractivity contribution in [3.05, 3.63) is 59.7 Å². The predicted molar refractivity (Wildman–Crippen MR) is 73.7 cm³/mol. The van der Waals surface area contributed by atoms with Gasteiger partial charge in [0, 0.05) is 0 Å². The zero-order valence-corrected chi connectivity index (χ0v) is 10.9. The normalized spacial score (nSPS) is 8.42. The summed E-state index contributed by atoms with van der Waals surface area (Å²) in [6, 6.07) is 18.0. The highest BCUT2D eigenvalue weighted by Crippen LogP contribution is 2.23. The molecule has 0 saturated heterocycles. The van der Waals surface area contributed by atoms with Crippen molar-refractivity contribution in [1.29, 1.82) is 10.5 Å². The molecule has 0 aliphatic carbocycles. The van der Waals surface area contributed by atoms with Gasteiger partial charge in [0.05, 0.1) is 11.1 Å². The van der Waals surface area contributed by atoms with E-state index < -0.39 is 0 Å². The molecule has 0 aromatic heterocycles. The summed E-state index contributed by atoms with van der Waals surface area (Å²) in [7, 11) is 0. The SMILES string of the molecule is CC.N#Cc1ccc(Oc2ccccc2)cc1C#N. The highest BCUT2D eigenvalue weighted by Gasteiger charge is 2.04. The molecule has 19 heavy (non-hydrogen) atoms. The quantitative estimate of drug-likeness (QED) is 0.800. The van der Waals surface area contributed by atoms with Gasteiger partial charge in [-0.3, -0.25) is 0 Å². The average Bonchev–Trinajstić information content (AvgIpc) is 2.50. The van der Waals surface area contributed by atoms with Crippen LogP contribution in [0.5, 0.6) is 11.5 Å². The van der Waals surface area contributed by atoms with E-state index in [4.69, 9.17) is 15.3 Å². The van der Waals surface area contributed by atoms with Crippen molar-refractivity contribution >= 4 is 0 Å². The van der Waals surface area contributed by atoms with Gasteiger partial charge in [-0.2, -0.15) is 10.5 Å². The largest absolute Gasteiger partial charge is 0.457 e. The summed E-state index contributed by atoms with van der Waals surface area (Å²) in [5, 5.41) is 17.7. The molecule has 0 unspecified atom stereocenters. The number of hydrogen-bond acceptors (Lipinski definition) is 3. The first-order valence-electron chi connectivity index (χ1n) is 6.00. The first kappa shape index (κ1) is 14.3. The molecular weight excluding hydrogens is 236 g/mol. The van der Waals surface area contributed by atoms with E-state index in [1.165, 1.54) is 0 Å². The Morgan fingerprint density at radius 1 is 0.789 bits per heavy atom. The third-order valence-corrected chi connectivity index (χ3v) is 2.21. The van der Waals surface area contributed by atoms with Gasteiger partial charge in [0.2, 0.25) is 0 Å². The molecule has 0 spiro atoms. The van der Waals surface area contributed by atoms with Gasteiger partial charge in [0.15, 0.2) is 0 Å². The maximum Gasteiger partial charge on any atom is 0.128 e. The van der Waals surface area contributed by atoms with Crippen molar-refractivity contribution in [2.75, 3.05) is 0 Å². The van der Waals surface area contributed by atoms with Crippen molar-refractivity contribution < 1.29 is 4.74 Å². The van der Waals surface area contributed by atoms with Gasteiger partial charge < -0.3 is 4.74 Å². The predicted octanol–water partition coefficient (Wildman–Crippen LogP) is 4.25. The van der Waals surface area contributed by atoms with Crippen LogP contribution in [0.15, 0.2) is 48.5 Å². The topological polar surface area (TPSA) is 56.8 Å². The first-order chi connectivity index (χ1) is 9.33. The molecule has 0 saturated carbocycles. The molecule has 2 rings (SSSR count). The van der Waals surface area contributed by atoms with Gasteiger partial charge in [0.1, 0.15) is 23.6 Å². The number of nitriles is 2. The number of benzene rings is 2. The minimum Gasteiger partial charge on any atom is -0.457 e. The standard InChI is InChI=1S/C14H8N2O.C2H6/c15-9-11-6-7-14(8-12(11)10-16)17-13-4-2-1-3-5-13;1-2/h1-8H;1-2H3. The number of nitrogens with zero attached hydrogens (tertiary/aromatic N) is 2. The van der Waals surface area contributed by atoms with Gasteiger partial charge in [-0.05, 0) is 30.3 Å². The van der Waals surface area contributed by atoms with Crippen molar-refractivity contribution in [2.24, 2.45) is 0 Å². The van der Waals surface area contributed by atoms with Crippen LogP contribution < -0.4 is 4.74 Å². The van der Waals surface area contributed by atoms with Crippen LogP contribution in [0, 0.1) is 22.7 Å². The molecule has 0 amide bonds. The molecule has 0 aliphatic rings. The molecule has 3 nitrogen and oxygen atoms in total. The number of rotatable bonds is 2. The Kier molecular flexibility index (Phi) is 5.66. The molecule has 0 bridgehead atoms. The third kappa shape index (κ3) is 3.87. The lowest BCUT2D eigenvalue weighted by molar-refractivity contribution is 0.482. The Morgan fingerprint density at radius 2 is 1.42 bits per heavy atom. The van der Waals surface area contributed by atoms with Crippen LogP contribution in [0.3, 0.4) is 0 Å². The third-order valence-electron chi connectivity index (χ3n) is 2.21. The molecular formula is C16H14N2O. The van der Waals surface area contributed by atoms with Crippen LogP contribution in [-0.4, -0.2) is 0 Å². The number of ether oxygens (including phenoxy) is 1. The Bertz CT molecular complexity index is 607. The van der Waals surface area contributed by atoms with Gasteiger partial charge in [-0.1, -0.05) is 32.0 Å². The molecule has 0 radical (unpaired) electrons. The summed E-state index contributed by atoms with van der Waals surface area (Å²) in [4.78, 5) is 0. The van der Waals surface area contributed by atoms with Crippen LogP contribution >= 0.6 is 0 Å². The molecule has 2 aromatic rings. The molecule has 2 aromatic carbocycles. The molecule has 0 N–H and O–H groups in total. The van der Waals surface area contributed by atoms with Crippen molar-refractivity contribution in [1.82, 2.24) is 0 Å². The van der Waals surface area contributed by atoms with Crippen molar-refractivity contribution in [3.63, 3.8) is 0 Å².